The van der Waals surface area contributed by atoms with Gasteiger partial charge in [0.2, 0.25) is 0 Å². The van der Waals surface area contributed by atoms with E-state index in [4.69, 9.17) is 13.8 Å². The first-order valence-corrected chi connectivity index (χ1v) is 9.65. The van der Waals surface area contributed by atoms with Gasteiger partial charge in [-0.3, -0.25) is 9.55 Å². The summed E-state index contributed by atoms with van der Waals surface area (Å²) in [6, 6.07) is 11.5. The summed E-state index contributed by atoms with van der Waals surface area (Å²) in [7, 11) is -1.69. The zero-order valence-corrected chi connectivity index (χ0v) is 15.2. The van der Waals surface area contributed by atoms with E-state index in [9.17, 15) is 4.57 Å². The van der Waals surface area contributed by atoms with Crippen LogP contribution in [0.15, 0.2) is 48.8 Å². The molecule has 0 saturated heterocycles. The van der Waals surface area contributed by atoms with Gasteiger partial charge in [-0.2, -0.15) is 0 Å². The van der Waals surface area contributed by atoms with Crippen LogP contribution in [0, 0.1) is 0 Å². The van der Waals surface area contributed by atoms with Gasteiger partial charge in [0, 0.05) is 12.4 Å². The molecule has 5 nitrogen and oxygen atoms in total. The van der Waals surface area contributed by atoms with Crippen LogP contribution in [0.3, 0.4) is 0 Å². The summed E-state index contributed by atoms with van der Waals surface area (Å²) in [4.78, 5) is 4.16. The van der Waals surface area contributed by atoms with Gasteiger partial charge in [0.1, 0.15) is 5.75 Å². The summed E-state index contributed by atoms with van der Waals surface area (Å²) in [5.74, 6) is 0.764. The smallest absolute Gasteiger partial charge is 0.338 e. The van der Waals surface area contributed by atoms with E-state index < -0.39 is 13.3 Å². The molecule has 0 amide bonds. The van der Waals surface area contributed by atoms with Gasteiger partial charge in [0.05, 0.1) is 26.0 Å². The van der Waals surface area contributed by atoms with E-state index >= 15 is 0 Å². The molecule has 1 unspecified atom stereocenters. The number of pyridine rings is 1. The molecule has 0 aliphatic rings. The van der Waals surface area contributed by atoms with Crippen LogP contribution in [0.4, 0.5) is 0 Å². The maximum atomic E-state index is 13.4. The number of ether oxygens (including phenoxy) is 1. The number of hydrogen-bond acceptors (Lipinski definition) is 5. The third-order valence-electron chi connectivity index (χ3n) is 3.63. The molecule has 2 rings (SSSR count). The minimum atomic E-state index is -3.32. The van der Waals surface area contributed by atoms with Crippen molar-refractivity contribution in [3.05, 3.63) is 59.9 Å². The first-order valence-electron chi connectivity index (χ1n) is 8.04. The standard InChI is InChI=1S/C18H24NO4P/c1-4-22-24(20,23-5-2)18(16-9-7-11-19-14-16)13-15-8-6-10-17(12-15)21-3/h6-12,14,18H,4-5,13H2,1-3H3. The SMILES string of the molecule is CCOP(=O)(OCC)C(Cc1cccc(OC)c1)c1cccnc1. The molecular formula is C18H24NO4P. The fraction of sp³-hybridized carbons (Fsp3) is 0.389. The summed E-state index contributed by atoms with van der Waals surface area (Å²) < 4.78 is 29.8. The van der Waals surface area contributed by atoms with E-state index in [1.165, 1.54) is 0 Å². The number of rotatable bonds is 9. The molecule has 0 bridgehead atoms. The molecule has 0 N–H and O–H groups in total. The highest BCUT2D eigenvalue weighted by molar-refractivity contribution is 7.54. The van der Waals surface area contributed by atoms with Gasteiger partial charge in [-0.05, 0) is 49.6 Å². The van der Waals surface area contributed by atoms with E-state index in [0.717, 1.165) is 16.9 Å². The number of aromatic nitrogens is 1. The lowest BCUT2D eigenvalue weighted by Crippen LogP contribution is -2.10. The highest BCUT2D eigenvalue weighted by atomic mass is 31.2. The third kappa shape index (κ3) is 4.67. The molecule has 0 saturated carbocycles. The van der Waals surface area contributed by atoms with Crippen LogP contribution in [0.5, 0.6) is 5.75 Å². The molecule has 1 heterocycles. The molecule has 1 aromatic carbocycles. The Morgan fingerprint density at radius 1 is 1.12 bits per heavy atom. The summed E-state index contributed by atoms with van der Waals surface area (Å²) in [6.07, 6.45) is 3.92. The molecule has 0 spiro atoms. The van der Waals surface area contributed by atoms with E-state index in [1.54, 1.807) is 19.5 Å². The third-order valence-corrected chi connectivity index (χ3v) is 6.11. The van der Waals surface area contributed by atoms with Gasteiger partial charge in [0.25, 0.3) is 0 Å². The topological polar surface area (TPSA) is 57.7 Å². The predicted molar refractivity (Wildman–Crippen MR) is 94.5 cm³/mol. The highest BCUT2D eigenvalue weighted by Crippen LogP contribution is 2.62. The van der Waals surface area contributed by atoms with Crippen molar-refractivity contribution in [2.45, 2.75) is 25.9 Å². The van der Waals surface area contributed by atoms with Crippen molar-refractivity contribution in [1.82, 2.24) is 4.98 Å². The molecule has 0 aliphatic heterocycles. The predicted octanol–water partition coefficient (Wildman–Crippen LogP) is 4.64. The molecule has 130 valence electrons. The quantitative estimate of drug-likeness (QED) is 0.617. The Labute approximate surface area is 143 Å². The molecule has 1 atom stereocenters. The van der Waals surface area contributed by atoms with Crippen LogP contribution >= 0.6 is 7.60 Å². The molecule has 0 radical (unpaired) electrons. The van der Waals surface area contributed by atoms with Crippen LogP contribution in [0.1, 0.15) is 30.6 Å². The lowest BCUT2D eigenvalue weighted by molar-refractivity contribution is 0.211. The van der Waals surface area contributed by atoms with E-state index in [-0.39, 0.29) is 0 Å². The maximum absolute atomic E-state index is 13.4. The van der Waals surface area contributed by atoms with Crippen molar-refractivity contribution in [2.24, 2.45) is 0 Å². The van der Waals surface area contributed by atoms with Crippen LogP contribution in [0.25, 0.3) is 0 Å². The van der Waals surface area contributed by atoms with Crippen molar-refractivity contribution in [3.8, 4) is 5.75 Å². The van der Waals surface area contributed by atoms with Crippen molar-refractivity contribution in [1.29, 1.82) is 0 Å². The fourth-order valence-corrected chi connectivity index (χ4v) is 4.69. The minimum absolute atomic E-state index is 0.326. The molecule has 24 heavy (non-hydrogen) atoms. The van der Waals surface area contributed by atoms with Gasteiger partial charge < -0.3 is 13.8 Å². The van der Waals surface area contributed by atoms with Gasteiger partial charge in [0.15, 0.2) is 0 Å². The number of hydrogen-bond donors (Lipinski definition) is 0. The van der Waals surface area contributed by atoms with Crippen LogP contribution in [-0.2, 0) is 20.0 Å². The van der Waals surface area contributed by atoms with E-state index in [2.05, 4.69) is 4.98 Å². The highest BCUT2D eigenvalue weighted by Gasteiger charge is 2.37. The van der Waals surface area contributed by atoms with Gasteiger partial charge in [-0.25, -0.2) is 0 Å². The lowest BCUT2D eigenvalue weighted by Gasteiger charge is -2.26. The Bertz CT molecular complexity index is 668. The monoisotopic (exact) mass is 349 g/mol. The zero-order chi connectivity index (χ0) is 17.4. The average Bonchev–Trinajstić information content (AvgIpc) is 2.61. The molecule has 6 heteroatoms. The Balaban J connectivity index is 2.40. The zero-order valence-electron chi connectivity index (χ0n) is 14.3. The summed E-state index contributed by atoms with van der Waals surface area (Å²) in [6.45, 7) is 4.29. The normalized spacial score (nSPS) is 12.8. The maximum Gasteiger partial charge on any atom is 0.338 e. The fourth-order valence-electron chi connectivity index (χ4n) is 2.59. The second-order valence-electron chi connectivity index (χ2n) is 5.23. The first-order chi connectivity index (χ1) is 11.6. The van der Waals surface area contributed by atoms with Gasteiger partial charge >= 0.3 is 7.60 Å². The van der Waals surface area contributed by atoms with Crippen molar-refractivity contribution < 1.29 is 18.3 Å². The molecule has 2 aromatic rings. The number of methoxy groups -OCH3 is 1. The second kappa shape index (κ2) is 8.97. The van der Waals surface area contributed by atoms with Gasteiger partial charge in [-0.1, -0.05) is 18.2 Å². The minimum Gasteiger partial charge on any atom is -0.497 e. The summed E-state index contributed by atoms with van der Waals surface area (Å²) in [5.41, 5.74) is 1.42. The lowest BCUT2D eigenvalue weighted by atomic mass is 10.1. The van der Waals surface area contributed by atoms with Crippen molar-refractivity contribution in [3.63, 3.8) is 0 Å². The Kier molecular flexibility index (Phi) is 6.98. The summed E-state index contributed by atoms with van der Waals surface area (Å²) in [5, 5.41) is 0. The molecule has 1 aromatic heterocycles. The van der Waals surface area contributed by atoms with E-state index in [0.29, 0.717) is 19.6 Å². The number of benzene rings is 1. The molecule has 0 fully saturated rings. The van der Waals surface area contributed by atoms with Crippen LogP contribution in [-0.4, -0.2) is 25.3 Å². The molecule has 0 aliphatic carbocycles. The van der Waals surface area contributed by atoms with Gasteiger partial charge in [-0.15, -0.1) is 0 Å². The van der Waals surface area contributed by atoms with Crippen LogP contribution in [0.2, 0.25) is 0 Å². The molecular weight excluding hydrogens is 325 g/mol. The Morgan fingerprint density at radius 2 is 1.88 bits per heavy atom. The Morgan fingerprint density at radius 3 is 2.46 bits per heavy atom. The van der Waals surface area contributed by atoms with Crippen LogP contribution < -0.4 is 4.74 Å². The van der Waals surface area contributed by atoms with E-state index in [1.807, 2.05) is 50.2 Å². The average molecular weight is 349 g/mol. The van der Waals surface area contributed by atoms with Crippen molar-refractivity contribution in [2.75, 3.05) is 20.3 Å². The largest absolute Gasteiger partial charge is 0.497 e. The second-order valence-corrected chi connectivity index (χ2v) is 7.45. The first kappa shape index (κ1) is 18.7. The summed E-state index contributed by atoms with van der Waals surface area (Å²) >= 11 is 0. The number of nitrogens with zero attached hydrogens (tertiary/aromatic N) is 1. The Hall–Kier alpha value is -1.68. The van der Waals surface area contributed by atoms with Crippen molar-refractivity contribution >= 4 is 7.60 Å².